The molecule has 0 saturated heterocycles. The minimum absolute atomic E-state index is 0.00926. The Kier molecular flexibility index (Phi) is 3.01. The smallest absolute Gasteiger partial charge is 0.194 e. The topological polar surface area (TPSA) is 0 Å². The molecule has 0 aliphatic heterocycles. The second kappa shape index (κ2) is 4.04. The van der Waals surface area contributed by atoms with Crippen LogP contribution in [0.1, 0.15) is 0 Å². The van der Waals surface area contributed by atoms with Gasteiger partial charge in [-0.05, 0) is 63.0 Å². The summed E-state index contributed by atoms with van der Waals surface area (Å²) in [6.45, 7) is 0. The summed E-state index contributed by atoms with van der Waals surface area (Å²) < 4.78 is 0. The fourth-order valence-corrected chi connectivity index (χ4v) is 1.60. The normalized spacial score (nSPS) is 26.8. The van der Waals surface area contributed by atoms with Crippen LogP contribution in [-0.4, -0.2) is 6.13 Å². The van der Waals surface area contributed by atoms with E-state index in [0.717, 1.165) is 0 Å². The van der Waals surface area contributed by atoms with Crippen molar-refractivity contribution in [2.24, 2.45) is 0 Å². The van der Waals surface area contributed by atoms with Crippen molar-refractivity contribution in [1.82, 2.24) is 0 Å². The maximum atomic E-state index is 6.21. The Hall–Kier alpha value is 0.355. The van der Waals surface area contributed by atoms with Crippen LogP contribution in [0.25, 0.3) is 0 Å². The third-order valence-corrected chi connectivity index (χ3v) is 2.47. The molecule has 0 aromatic heterocycles. The first-order valence-electron chi connectivity index (χ1n) is 3.95. The average Bonchev–Trinajstić information content (AvgIpc) is 2.77. The highest BCUT2D eigenvalue weighted by Gasteiger charge is 2.36. The lowest BCUT2D eigenvalue weighted by Gasteiger charge is -2.17. The van der Waals surface area contributed by atoms with Crippen LogP contribution < -0.4 is 0 Å². The molecule has 2 rings (SSSR count). The Morgan fingerprint density at radius 2 is 1.08 bits per heavy atom. The molecule has 2 aliphatic carbocycles. The maximum absolute atomic E-state index is 6.21. The van der Waals surface area contributed by atoms with Gasteiger partial charge in [0.2, 0.25) is 0 Å². The molecule has 12 heavy (non-hydrogen) atoms. The van der Waals surface area contributed by atoms with Crippen molar-refractivity contribution >= 4 is 17.6 Å². The second-order valence-electron chi connectivity index (χ2n) is 2.80. The van der Waals surface area contributed by atoms with Gasteiger partial charge in [0.15, 0.2) is 0 Å². The van der Waals surface area contributed by atoms with Gasteiger partial charge in [0.25, 0.3) is 6.13 Å². The van der Waals surface area contributed by atoms with Gasteiger partial charge in [-0.1, -0.05) is 0 Å². The van der Waals surface area contributed by atoms with Crippen LogP contribution in [0.3, 0.4) is 0 Å². The van der Waals surface area contributed by atoms with Gasteiger partial charge in [0.05, 0.1) is 0 Å². The van der Waals surface area contributed by atoms with E-state index >= 15 is 0 Å². The van der Waals surface area contributed by atoms with E-state index in [-0.39, 0.29) is 6.13 Å². The zero-order valence-electron chi connectivity index (χ0n) is 6.57. The Balaban J connectivity index is 1.84. The molecule has 0 amide bonds. The SMILES string of the molecule is ClB([C]1[CH][CH][CH][CH]1)[C]1[CH][CH][CH][CH]1. The van der Waals surface area contributed by atoms with Crippen LogP contribution in [0.5, 0.6) is 0 Å². The molecule has 10 radical (unpaired) electrons. The van der Waals surface area contributed by atoms with Crippen molar-refractivity contribution in [3.05, 3.63) is 63.0 Å². The monoisotopic (exact) mass is 174 g/mol. The van der Waals surface area contributed by atoms with Crippen LogP contribution in [0.4, 0.5) is 0 Å². The molecule has 0 unspecified atom stereocenters. The van der Waals surface area contributed by atoms with Gasteiger partial charge in [-0.2, -0.15) is 11.5 Å². The van der Waals surface area contributed by atoms with Crippen molar-refractivity contribution in [2.45, 2.75) is 0 Å². The fraction of sp³-hybridized carbons (Fsp3) is 0. The molecule has 0 aromatic rings. The molecule has 0 bridgehead atoms. The summed E-state index contributed by atoms with van der Waals surface area (Å²) in [4.78, 5) is 0. The highest BCUT2D eigenvalue weighted by atomic mass is 35.5. The van der Waals surface area contributed by atoms with Gasteiger partial charge in [0, 0.05) is 0 Å². The number of rotatable bonds is 2. The summed E-state index contributed by atoms with van der Waals surface area (Å²) in [7, 11) is 0. The van der Waals surface area contributed by atoms with Gasteiger partial charge in [-0.3, -0.25) is 0 Å². The van der Waals surface area contributed by atoms with Gasteiger partial charge >= 0.3 is 0 Å². The summed E-state index contributed by atoms with van der Waals surface area (Å²) in [5.74, 6) is 2.34. The van der Waals surface area contributed by atoms with Crippen LogP contribution >= 0.6 is 11.5 Å². The van der Waals surface area contributed by atoms with Crippen LogP contribution in [-0.2, 0) is 0 Å². The summed E-state index contributed by atoms with van der Waals surface area (Å²) >= 11 is 6.21. The first-order chi connectivity index (χ1) is 5.88. The first kappa shape index (κ1) is 8.93. The zero-order chi connectivity index (χ0) is 8.39. The number of hydrogen-bond donors (Lipinski definition) is 0. The summed E-state index contributed by atoms with van der Waals surface area (Å²) in [5.41, 5.74) is 0. The van der Waals surface area contributed by atoms with E-state index in [1.54, 1.807) is 0 Å². The lowest BCUT2D eigenvalue weighted by Crippen LogP contribution is -2.23. The summed E-state index contributed by atoms with van der Waals surface area (Å²) in [5, 5.41) is 0. The van der Waals surface area contributed by atoms with Crippen LogP contribution in [0, 0.1) is 63.0 Å². The fourth-order valence-electron chi connectivity index (χ4n) is 1.31. The molecular formula is C10H8BCl. The third-order valence-electron chi connectivity index (χ3n) is 1.96. The van der Waals surface area contributed by atoms with Crippen molar-refractivity contribution in [3.63, 3.8) is 0 Å². The minimum atomic E-state index is 0.00926. The Morgan fingerprint density at radius 1 is 0.750 bits per heavy atom. The van der Waals surface area contributed by atoms with Gasteiger partial charge in [-0.25, -0.2) is 0 Å². The van der Waals surface area contributed by atoms with Crippen molar-refractivity contribution < 1.29 is 0 Å². The van der Waals surface area contributed by atoms with Gasteiger partial charge < -0.3 is 0 Å². The molecule has 2 saturated carbocycles. The van der Waals surface area contributed by atoms with E-state index in [1.807, 2.05) is 51.4 Å². The standard InChI is InChI=1S/C10H8BCl/c12-11(9-5-1-2-6-9)10-7-3-4-8-10/h1-8H. The Labute approximate surface area is 81.1 Å². The van der Waals surface area contributed by atoms with Crippen molar-refractivity contribution in [2.75, 3.05) is 0 Å². The van der Waals surface area contributed by atoms with Crippen molar-refractivity contribution in [1.29, 1.82) is 0 Å². The lowest BCUT2D eigenvalue weighted by atomic mass is 9.52. The van der Waals surface area contributed by atoms with Crippen molar-refractivity contribution in [3.8, 4) is 0 Å². The largest absolute Gasteiger partial charge is 0.264 e. The molecular weight excluding hydrogens is 166 g/mol. The molecule has 2 aliphatic rings. The summed E-state index contributed by atoms with van der Waals surface area (Å²) in [6, 6.07) is 0. The van der Waals surface area contributed by atoms with E-state index in [9.17, 15) is 0 Å². The molecule has 0 heterocycles. The first-order valence-corrected chi connectivity index (χ1v) is 4.39. The maximum Gasteiger partial charge on any atom is 0.264 e. The van der Waals surface area contributed by atoms with E-state index in [4.69, 9.17) is 11.5 Å². The number of halogens is 1. The molecule has 0 atom stereocenters. The Morgan fingerprint density at radius 3 is 1.42 bits per heavy atom. The zero-order valence-corrected chi connectivity index (χ0v) is 7.33. The predicted molar refractivity (Wildman–Crippen MR) is 52.5 cm³/mol. The molecule has 0 spiro atoms. The lowest BCUT2D eigenvalue weighted by molar-refractivity contribution is 1.41. The minimum Gasteiger partial charge on any atom is -0.194 e. The molecule has 2 heteroatoms. The molecule has 0 N–H and O–H groups in total. The highest BCUT2D eigenvalue weighted by Crippen LogP contribution is 2.37. The number of hydrogen-bond acceptors (Lipinski definition) is 0. The van der Waals surface area contributed by atoms with Gasteiger partial charge in [-0.15, -0.1) is 0 Å². The molecule has 0 nitrogen and oxygen atoms in total. The van der Waals surface area contributed by atoms with Crippen LogP contribution in [0.15, 0.2) is 0 Å². The third kappa shape index (κ3) is 1.81. The highest BCUT2D eigenvalue weighted by molar-refractivity contribution is 7.14. The average molecular weight is 174 g/mol. The van der Waals surface area contributed by atoms with E-state index in [2.05, 4.69) is 0 Å². The summed E-state index contributed by atoms with van der Waals surface area (Å²) in [6.07, 6.45) is 16.2. The predicted octanol–water partition coefficient (Wildman–Crippen LogP) is 2.11. The van der Waals surface area contributed by atoms with E-state index in [1.165, 1.54) is 11.6 Å². The Bertz CT molecular complexity index is 121. The quantitative estimate of drug-likeness (QED) is 0.563. The van der Waals surface area contributed by atoms with Gasteiger partial charge in [0.1, 0.15) is 0 Å². The molecule has 58 valence electrons. The second-order valence-corrected chi connectivity index (χ2v) is 3.24. The van der Waals surface area contributed by atoms with E-state index < -0.39 is 0 Å². The van der Waals surface area contributed by atoms with Crippen LogP contribution in [0.2, 0.25) is 0 Å². The molecule has 0 aromatic carbocycles. The van der Waals surface area contributed by atoms with E-state index in [0.29, 0.717) is 0 Å². The molecule has 2 fully saturated rings.